The zero-order valence-electron chi connectivity index (χ0n) is 10.4. The first-order valence-electron chi connectivity index (χ1n) is 5.95. The molecule has 0 saturated heterocycles. The van der Waals surface area contributed by atoms with E-state index < -0.39 is 0 Å². The summed E-state index contributed by atoms with van der Waals surface area (Å²) in [6, 6.07) is 4.21. The summed E-state index contributed by atoms with van der Waals surface area (Å²) in [5, 5.41) is 0. The summed E-state index contributed by atoms with van der Waals surface area (Å²) in [7, 11) is 0. The Hall–Kier alpha value is -2.15. The molecule has 3 aromatic heterocycles. The molecule has 3 N–H and O–H groups in total. The van der Waals surface area contributed by atoms with Gasteiger partial charge in [-0.25, -0.2) is 4.98 Å². The van der Waals surface area contributed by atoms with E-state index in [2.05, 4.69) is 34.0 Å². The molecule has 0 aliphatic rings. The van der Waals surface area contributed by atoms with Crippen LogP contribution >= 0.6 is 11.3 Å². The Balaban J connectivity index is 2.03. The number of nitrogens with one attached hydrogen (secondary N) is 1. The van der Waals surface area contributed by atoms with Gasteiger partial charge in [-0.2, -0.15) is 4.98 Å². The van der Waals surface area contributed by atoms with E-state index in [0.29, 0.717) is 17.7 Å². The molecular weight excluding hydrogens is 262 g/mol. The van der Waals surface area contributed by atoms with Gasteiger partial charge in [-0.3, -0.25) is 9.78 Å². The fourth-order valence-electron chi connectivity index (χ4n) is 1.95. The molecule has 0 aliphatic heterocycles. The van der Waals surface area contributed by atoms with Crippen LogP contribution in [0.1, 0.15) is 16.7 Å². The van der Waals surface area contributed by atoms with Gasteiger partial charge in [-0.05, 0) is 18.6 Å². The highest BCUT2D eigenvalue weighted by molar-refractivity contribution is 7.11. The maximum atomic E-state index is 11.7. The molecule has 0 radical (unpaired) electrons. The summed E-state index contributed by atoms with van der Waals surface area (Å²) in [5.74, 6) is 0.111. The van der Waals surface area contributed by atoms with Crippen LogP contribution in [0, 0.1) is 0 Å². The van der Waals surface area contributed by atoms with Crippen molar-refractivity contribution in [3.8, 4) is 0 Å². The molecule has 7 heteroatoms. The van der Waals surface area contributed by atoms with Crippen molar-refractivity contribution < 1.29 is 0 Å². The molecular formula is C12H13N5OS. The largest absolute Gasteiger partial charge is 0.369 e. The van der Waals surface area contributed by atoms with Crippen LogP contribution in [-0.2, 0) is 13.0 Å². The van der Waals surface area contributed by atoms with E-state index in [4.69, 9.17) is 5.73 Å². The summed E-state index contributed by atoms with van der Waals surface area (Å²) in [6.07, 6.45) is 2.65. The lowest BCUT2D eigenvalue weighted by molar-refractivity contribution is 0.826. The summed E-state index contributed by atoms with van der Waals surface area (Å²) in [6.45, 7) is 2.78. The Labute approximate surface area is 112 Å². The molecule has 3 heterocycles. The quantitative estimate of drug-likeness (QED) is 0.755. The van der Waals surface area contributed by atoms with Crippen LogP contribution in [0.2, 0.25) is 0 Å². The number of nitrogens with two attached hydrogens (primary N) is 1. The standard InChI is InChI=1S/C12H13N5OS/c1-2-7-3-4-8(19-7)5-17-6-14-9-10(17)15-12(13)16-11(9)18/h3-4,6H,2,5H2,1H3,(H3,13,15,16,18). The summed E-state index contributed by atoms with van der Waals surface area (Å²) in [4.78, 5) is 24.9. The topological polar surface area (TPSA) is 89.6 Å². The monoisotopic (exact) mass is 275 g/mol. The normalized spacial score (nSPS) is 11.2. The van der Waals surface area contributed by atoms with Crippen LogP contribution in [0.5, 0.6) is 0 Å². The molecule has 19 heavy (non-hydrogen) atoms. The van der Waals surface area contributed by atoms with Crippen LogP contribution < -0.4 is 11.3 Å². The van der Waals surface area contributed by atoms with Crippen molar-refractivity contribution in [2.24, 2.45) is 0 Å². The number of hydrogen-bond acceptors (Lipinski definition) is 5. The molecule has 0 fully saturated rings. The summed E-state index contributed by atoms with van der Waals surface area (Å²) < 4.78 is 1.84. The number of rotatable bonds is 3. The molecule has 0 spiro atoms. The van der Waals surface area contributed by atoms with Crippen LogP contribution in [-0.4, -0.2) is 19.5 Å². The third kappa shape index (κ3) is 2.12. The van der Waals surface area contributed by atoms with Crippen molar-refractivity contribution in [2.75, 3.05) is 5.73 Å². The van der Waals surface area contributed by atoms with Crippen molar-refractivity contribution in [3.05, 3.63) is 38.6 Å². The van der Waals surface area contributed by atoms with Gasteiger partial charge < -0.3 is 10.3 Å². The maximum absolute atomic E-state index is 11.7. The minimum atomic E-state index is -0.304. The molecule has 98 valence electrons. The first kappa shape index (κ1) is 11.9. The fourth-order valence-corrected chi connectivity index (χ4v) is 2.91. The first-order valence-corrected chi connectivity index (χ1v) is 6.77. The number of fused-ring (bicyclic) bond motifs is 1. The minimum absolute atomic E-state index is 0.111. The zero-order chi connectivity index (χ0) is 13.4. The van der Waals surface area contributed by atoms with E-state index in [1.165, 1.54) is 9.75 Å². The number of nitrogens with zero attached hydrogens (tertiary/aromatic N) is 3. The maximum Gasteiger partial charge on any atom is 0.280 e. The predicted octanol–water partition coefficient (Wildman–Crippen LogP) is 1.37. The van der Waals surface area contributed by atoms with Crippen molar-refractivity contribution in [1.29, 1.82) is 0 Å². The van der Waals surface area contributed by atoms with E-state index in [1.54, 1.807) is 17.7 Å². The van der Waals surface area contributed by atoms with Crippen molar-refractivity contribution in [2.45, 2.75) is 19.9 Å². The van der Waals surface area contributed by atoms with Gasteiger partial charge in [0.1, 0.15) is 0 Å². The van der Waals surface area contributed by atoms with Gasteiger partial charge in [0.25, 0.3) is 5.56 Å². The highest BCUT2D eigenvalue weighted by Crippen LogP contribution is 2.19. The van der Waals surface area contributed by atoms with Crippen LogP contribution in [0.3, 0.4) is 0 Å². The van der Waals surface area contributed by atoms with Gasteiger partial charge in [-0.15, -0.1) is 11.3 Å². The highest BCUT2D eigenvalue weighted by atomic mass is 32.1. The van der Waals surface area contributed by atoms with Crippen LogP contribution in [0.4, 0.5) is 5.95 Å². The molecule has 3 rings (SSSR count). The van der Waals surface area contributed by atoms with E-state index in [0.717, 1.165) is 6.42 Å². The number of H-pyrrole nitrogens is 1. The summed E-state index contributed by atoms with van der Waals surface area (Å²) >= 11 is 1.75. The number of imidazole rings is 1. The predicted molar refractivity (Wildman–Crippen MR) is 75.4 cm³/mol. The Morgan fingerprint density at radius 2 is 2.21 bits per heavy atom. The van der Waals surface area contributed by atoms with E-state index in [-0.39, 0.29) is 11.5 Å². The minimum Gasteiger partial charge on any atom is -0.369 e. The molecule has 3 aromatic rings. The van der Waals surface area contributed by atoms with Gasteiger partial charge in [0, 0.05) is 9.75 Å². The number of anilines is 1. The lowest BCUT2D eigenvalue weighted by Crippen LogP contribution is -2.12. The Kier molecular flexibility index (Phi) is 2.83. The second-order valence-electron chi connectivity index (χ2n) is 4.22. The second kappa shape index (κ2) is 4.51. The number of aromatic amines is 1. The molecule has 0 atom stereocenters. The Morgan fingerprint density at radius 1 is 1.42 bits per heavy atom. The third-order valence-electron chi connectivity index (χ3n) is 2.89. The number of aryl methyl sites for hydroxylation is 1. The fraction of sp³-hybridized carbons (Fsp3) is 0.250. The Morgan fingerprint density at radius 3 is 2.95 bits per heavy atom. The number of thiophene rings is 1. The molecule has 0 unspecified atom stereocenters. The number of hydrogen-bond donors (Lipinski definition) is 2. The number of nitrogen functional groups attached to an aromatic ring is 1. The molecule has 0 saturated carbocycles. The first-order chi connectivity index (χ1) is 9.17. The van der Waals surface area contributed by atoms with Gasteiger partial charge >= 0.3 is 0 Å². The molecule has 0 aromatic carbocycles. The van der Waals surface area contributed by atoms with E-state index in [9.17, 15) is 4.79 Å². The highest BCUT2D eigenvalue weighted by Gasteiger charge is 2.10. The van der Waals surface area contributed by atoms with Crippen molar-refractivity contribution in [1.82, 2.24) is 19.5 Å². The molecule has 6 nitrogen and oxygen atoms in total. The van der Waals surface area contributed by atoms with Gasteiger partial charge in [0.15, 0.2) is 11.2 Å². The van der Waals surface area contributed by atoms with Gasteiger partial charge in [0.2, 0.25) is 5.95 Å². The van der Waals surface area contributed by atoms with E-state index in [1.807, 2.05) is 4.57 Å². The molecule has 0 aliphatic carbocycles. The molecule has 0 amide bonds. The number of aromatic nitrogens is 4. The average Bonchev–Trinajstić information content (AvgIpc) is 2.97. The van der Waals surface area contributed by atoms with Crippen molar-refractivity contribution >= 4 is 28.4 Å². The summed E-state index contributed by atoms with van der Waals surface area (Å²) in [5.41, 5.74) is 6.10. The average molecular weight is 275 g/mol. The zero-order valence-corrected chi connectivity index (χ0v) is 11.2. The lowest BCUT2D eigenvalue weighted by atomic mass is 10.3. The van der Waals surface area contributed by atoms with Gasteiger partial charge in [-0.1, -0.05) is 6.92 Å². The third-order valence-corrected chi connectivity index (χ3v) is 4.10. The second-order valence-corrected chi connectivity index (χ2v) is 5.47. The van der Waals surface area contributed by atoms with Crippen molar-refractivity contribution in [3.63, 3.8) is 0 Å². The van der Waals surface area contributed by atoms with E-state index >= 15 is 0 Å². The SMILES string of the molecule is CCc1ccc(Cn2cnc3c(=O)[nH]c(N)nc32)s1. The smallest absolute Gasteiger partial charge is 0.280 e. The van der Waals surface area contributed by atoms with Crippen LogP contribution in [0.25, 0.3) is 11.2 Å². The molecule has 0 bridgehead atoms. The van der Waals surface area contributed by atoms with Crippen LogP contribution in [0.15, 0.2) is 23.3 Å². The van der Waals surface area contributed by atoms with Gasteiger partial charge in [0.05, 0.1) is 12.9 Å². The Bertz CT molecular complexity index is 785. The lowest BCUT2D eigenvalue weighted by Gasteiger charge is -2.01.